The molecule has 1 aromatic rings. The molecule has 0 radical (unpaired) electrons. The number of rotatable bonds is 8. The van der Waals surface area contributed by atoms with Crippen LogP contribution < -0.4 is 10.1 Å². The topological polar surface area (TPSA) is 90.9 Å². The Hall–Kier alpha value is -2.57. The Morgan fingerprint density at radius 2 is 1.52 bits per heavy atom. The maximum Gasteiger partial charge on any atom is 0.338 e. The zero-order chi connectivity index (χ0) is 19.8. The van der Waals surface area contributed by atoms with Gasteiger partial charge in [-0.05, 0) is 51.8 Å². The monoisotopic (exact) mass is 377 g/mol. The predicted octanol–water partition coefficient (Wildman–Crippen LogP) is 2.87. The summed E-state index contributed by atoms with van der Waals surface area (Å²) >= 11 is 0. The van der Waals surface area contributed by atoms with Gasteiger partial charge in [-0.1, -0.05) is 12.8 Å². The molecule has 0 saturated heterocycles. The normalized spacial score (nSPS) is 15.1. The molecule has 1 aliphatic carbocycles. The van der Waals surface area contributed by atoms with Gasteiger partial charge in [-0.25, -0.2) is 9.59 Å². The summed E-state index contributed by atoms with van der Waals surface area (Å²) < 4.78 is 15.7. The van der Waals surface area contributed by atoms with Crippen LogP contribution in [0.15, 0.2) is 18.2 Å². The van der Waals surface area contributed by atoms with Gasteiger partial charge in [0.2, 0.25) is 0 Å². The average molecular weight is 377 g/mol. The molecule has 1 fully saturated rings. The molecule has 1 aromatic carbocycles. The van der Waals surface area contributed by atoms with E-state index in [1.54, 1.807) is 20.8 Å². The van der Waals surface area contributed by atoms with E-state index in [2.05, 4.69) is 5.32 Å². The van der Waals surface area contributed by atoms with Crippen LogP contribution in [0, 0.1) is 0 Å². The molecule has 0 aliphatic heterocycles. The molecule has 1 amide bonds. The quantitative estimate of drug-likeness (QED) is 0.701. The van der Waals surface area contributed by atoms with E-state index in [9.17, 15) is 14.4 Å². The Labute approximate surface area is 159 Å². The van der Waals surface area contributed by atoms with Crippen LogP contribution >= 0.6 is 0 Å². The number of benzene rings is 1. The van der Waals surface area contributed by atoms with Crippen molar-refractivity contribution in [1.29, 1.82) is 0 Å². The Bertz CT molecular complexity index is 645. The van der Waals surface area contributed by atoms with E-state index in [-0.39, 0.29) is 42.0 Å². The van der Waals surface area contributed by atoms with Crippen molar-refractivity contribution in [3.05, 3.63) is 29.3 Å². The van der Waals surface area contributed by atoms with Crippen LogP contribution in [0.5, 0.6) is 5.75 Å². The number of amides is 1. The molecule has 7 heteroatoms. The van der Waals surface area contributed by atoms with Crippen LogP contribution in [0.2, 0.25) is 0 Å². The van der Waals surface area contributed by atoms with Gasteiger partial charge in [0, 0.05) is 6.04 Å². The first kappa shape index (κ1) is 20.7. The Balaban J connectivity index is 2.16. The van der Waals surface area contributed by atoms with Crippen LogP contribution in [0.3, 0.4) is 0 Å². The van der Waals surface area contributed by atoms with Gasteiger partial charge in [-0.3, -0.25) is 4.79 Å². The first-order valence-corrected chi connectivity index (χ1v) is 9.41. The van der Waals surface area contributed by atoms with Gasteiger partial charge in [0.15, 0.2) is 6.10 Å². The zero-order valence-electron chi connectivity index (χ0n) is 16.1. The van der Waals surface area contributed by atoms with E-state index < -0.39 is 18.0 Å². The number of ether oxygens (including phenoxy) is 3. The van der Waals surface area contributed by atoms with Crippen LogP contribution in [-0.4, -0.2) is 43.2 Å². The lowest BCUT2D eigenvalue weighted by molar-refractivity contribution is -0.127. The van der Waals surface area contributed by atoms with Crippen molar-refractivity contribution >= 4 is 17.8 Å². The van der Waals surface area contributed by atoms with Crippen LogP contribution in [0.1, 0.15) is 67.2 Å². The molecule has 0 spiro atoms. The Kier molecular flexibility index (Phi) is 7.64. The van der Waals surface area contributed by atoms with Gasteiger partial charge >= 0.3 is 11.9 Å². The average Bonchev–Trinajstić information content (AvgIpc) is 3.14. The summed E-state index contributed by atoms with van der Waals surface area (Å²) in [5.74, 6) is -1.13. The molecular weight excluding hydrogens is 350 g/mol. The molecule has 7 nitrogen and oxygen atoms in total. The number of hydrogen-bond acceptors (Lipinski definition) is 6. The van der Waals surface area contributed by atoms with Crippen molar-refractivity contribution in [1.82, 2.24) is 5.32 Å². The molecule has 1 saturated carbocycles. The number of nitrogens with one attached hydrogen (secondary N) is 1. The zero-order valence-corrected chi connectivity index (χ0v) is 16.1. The van der Waals surface area contributed by atoms with Crippen molar-refractivity contribution in [3.8, 4) is 5.75 Å². The van der Waals surface area contributed by atoms with Gasteiger partial charge in [0.1, 0.15) is 5.75 Å². The molecular formula is C20H27NO6. The lowest BCUT2D eigenvalue weighted by Gasteiger charge is -2.18. The highest BCUT2D eigenvalue weighted by Gasteiger charge is 2.23. The molecule has 0 unspecified atom stereocenters. The lowest BCUT2D eigenvalue weighted by atomic mass is 10.1. The standard InChI is InChI=1S/C20H27NO6/c1-4-25-19(23)14-10-15(20(24)26-5-2)12-17(11-14)27-13(3)18(22)21-16-8-6-7-9-16/h10-13,16H,4-9H2,1-3H3,(H,21,22)/t13-/m1/s1. The first-order valence-electron chi connectivity index (χ1n) is 9.41. The minimum absolute atomic E-state index is 0.167. The number of esters is 2. The second-order valence-corrected chi connectivity index (χ2v) is 6.44. The highest BCUT2D eigenvalue weighted by Crippen LogP contribution is 2.21. The summed E-state index contributed by atoms with van der Waals surface area (Å²) in [5, 5.41) is 2.97. The second-order valence-electron chi connectivity index (χ2n) is 6.44. The second kappa shape index (κ2) is 9.94. The van der Waals surface area contributed by atoms with Gasteiger partial charge in [0.05, 0.1) is 24.3 Å². The molecule has 1 atom stereocenters. The molecule has 27 heavy (non-hydrogen) atoms. The molecule has 1 N–H and O–H groups in total. The summed E-state index contributed by atoms with van der Waals surface area (Å²) in [5.41, 5.74) is 0.335. The van der Waals surface area contributed by atoms with Crippen molar-refractivity contribution in [2.45, 2.75) is 58.6 Å². The predicted molar refractivity (Wildman–Crippen MR) is 98.8 cm³/mol. The first-order chi connectivity index (χ1) is 12.9. The molecule has 1 aliphatic rings. The third-order valence-corrected chi connectivity index (χ3v) is 4.31. The maximum atomic E-state index is 12.3. The van der Waals surface area contributed by atoms with Crippen LogP contribution in [-0.2, 0) is 14.3 Å². The summed E-state index contributed by atoms with van der Waals surface area (Å²) in [6, 6.07) is 4.50. The summed E-state index contributed by atoms with van der Waals surface area (Å²) in [7, 11) is 0. The summed E-state index contributed by atoms with van der Waals surface area (Å²) in [6.07, 6.45) is 3.42. The van der Waals surface area contributed by atoms with Crippen LogP contribution in [0.4, 0.5) is 0 Å². The van der Waals surface area contributed by atoms with Crippen molar-refractivity contribution in [3.63, 3.8) is 0 Å². The van der Waals surface area contributed by atoms with Crippen molar-refractivity contribution < 1.29 is 28.6 Å². The van der Waals surface area contributed by atoms with E-state index in [1.807, 2.05) is 0 Å². The lowest BCUT2D eigenvalue weighted by Crippen LogP contribution is -2.41. The minimum atomic E-state index is -0.766. The van der Waals surface area contributed by atoms with Gasteiger partial charge in [-0.2, -0.15) is 0 Å². The molecule has 0 heterocycles. The van der Waals surface area contributed by atoms with E-state index in [1.165, 1.54) is 18.2 Å². The molecule has 2 rings (SSSR count). The highest BCUT2D eigenvalue weighted by atomic mass is 16.5. The van der Waals surface area contributed by atoms with E-state index in [0.717, 1.165) is 25.7 Å². The number of carbonyl (C=O) groups excluding carboxylic acids is 3. The Morgan fingerprint density at radius 1 is 1.00 bits per heavy atom. The van der Waals surface area contributed by atoms with Crippen molar-refractivity contribution in [2.75, 3.05) is 13.2 Å². The fourth-order valence-corrected chi connectivity index (χ4v) is 2.98. The third-order valence-electron chi connectivity index (χ3n) is 4.31. The Morgan fingerprint density at radius 3 is 2.00 bits per heavy atom. The minimum Gasteiger partial charge on any atom is -0.481 e. The van der Waals surface area contributed by atoms with Crippen molar-refractivity contribution in [2.24, 2.45) is 0 Å². The maximum absolute atomic E-state index is 12.3. The fourth-order valence-electron chi connectivity index (χ4n) is 2.98. The van der Waals surface area contributed by atoms with Gasteiger partial charge in [-0.15, -0.1) is 0 Å². The SMILES string of the molecule is CCOC(=O)c1cc(O[C@H](C)C(=O)NC2CCCC2)cc(C(=O)OCC)c1. The number of hydrogen-bond donors (Lipinski definition) is 1. The van der Waals surface area contributed by atoms with E-state index >= 15 is 0 Å². The largest absolute Gasteiger partial charge is 0.481 e. The van der Waals surface area contributed by atoms with Gasteiger partial charge in [0.25, 0.3) is 5.91 Å². The van der Waals surface area contributed by atoms with E-state index in [4.69, 9.17) is 14.2 Å². The smallest absolute Gasteiger partial charge is 0.338 e. The molecule has 148 valence electrons. The highest BCUT2D eigenvalue weighted by molar-refractivity contribution is 5.96. The van der Waals surface area contributed by atoms with Crippen LogP contribution in [0.25, 0.3) is 0 Å². The molecule has 0 aromatic heterocycles. The molecule has 0 bridgehead atoms. The fraction of sp³-hybridized carbons (Fsp3) is 0.550. The summed E-state index contributed by atoms with van der Waals surface area (Å²) in [6.45, 7) is 5.43. The number of carbonyl (C=O) groups is 3. The van der Waals surface area contributed by atoms with E-state index in [0.29, 0.717) is 0 Å². The summed E-state index contributed by atoms with van der Waals surface area (Å²) in [4.78, 5) is 36.5. The van der Waals surface area contributed by atoms with Gasteiger partial charge < -0.3 is 19.5 Å². The third kappa shape index (κ3) is 5.98.